The number of aryl methyl sites for hydroxylation is 1. The van der Waals surface area contributed by atoms with E-state index in [4.69, 9.17) is 5.11 Å². The molecule has 1 aliphatic heterocycles. The Hall–Kier alpha value is -2.45. The Balaban J connectivity index is 2.13. The number of nitrogens with zero attached hydrogens (tertiary/aromatic N) is 4. The molecule has 1 saturated heterocycles. The predicted molar refractivity (Wildman–Crippen MR) is 70.6 cm³/mol. The zero-order chi connectivity index (χ0) is 15.6. The van der Waals surface area contributed by atoms with Crippen LogP contribution in [0.4, 0.5) is 5.82 Å². The minimum absolute atomic E-state index is 0.142. The van der Waals surface area contributed by atoms with Crippen LogP contribution in [0.15, 0.2) is 6.20 Å². The van der Waals surface area contributed by atoms with Crippen LogP contribution >= 0.6 is 0 Å². The fraction of sp³-hybridized carbons (Fsp3) is 0.583. The second-order valence-electron chi connectivity index (χ2n) is 4.97. The summed E-state index contributed by atoms with van der Waals surface area (Å²) in [5, 5.41) is 19.8. The number of likely N-dealkylation sites (tertiary alicyclic amines) is 1. The number of carboxylic acid groups (broad SMARTS) is 1. The molecule has 2 rings (SSSR count). The van der Waals surface area contributed by atoms with Crippen molar-refractivity contribution in [1.29, 1.82) is 0 Å². The van der Waals surface area contributed by atoms with E-state index >= 15 is 0 Å². The van der Waals surface area contributed by atoms with Gasteiger partial charge in [-0.05, 0) is 29.2 Å². The van der Waals surface area contributed by atoms with Crippen LogP contribution in [0.25, 0.3) is 0 Å². The van der Waals surface area contributed by atoms with Gasteiger partial charge in [0.15, 0.2) is 0 Å². The molecule has 0 spiro atoms. The van der Waals surface area contributed by atoms with Crippen molar-refractivity contribution in [3.05, 3.63) is 22.1 Å². The first-order valence-electron chi connectivity index (χ1n) is 6.60. The summed E-state index contributed by atoms with van der Waals surface area (Å²) in [6.45, 7) is 1.81. The largest absolute Gasteiger partial charge is 0.480 e. The second-order valence-corrected chi connectivity index (χ2v) is 4.97. The number of hydrogen-bond donors (Lipinski definition) is 1. The van der Waals surface area contributed by atoms with Gasteiger partial charge >= 0.3 is 11.8 Å². The highest BCUT2D eigenvalue weighted by atomic mass is 16.6. The molecule has 9 nitrogen and oxygen atoms in total. The summed E-state index contributed by atoms with van der Waals surface area (Å²) in [6.07, 6.45) is 3.16. The number of amides is 1. The standard InChI is InChI=1S/C12H16N4O5/c1-8-13-10(16(20)21)6-14(8)7-11(17)15-5-3-2-4-9(15)12(18)19/h6,9H,2-5,7H2,1H3,(H,18,19). The lowest BCUT2D eigenvalue weighted by Gasteiger charge is -2.33. The minimum Gasteiger partial charge on any atom is -0.480 e. The summed E-state index contributed by atoms with van der Waals surface area (Å²) in [5.41, 5.74) is 0. The van der Waals surface area contributed by atoms with Gasteiger partial charge in [0, 0.05) is 13.5 Å². The van der Waals surface area contributed by atoms with Crippen LogP contribution in [0.3, 0.4) is 0 Å². The molecule has 2 heterocycles. The van der Waals surface area contributed by atoms with Crippen LogP contribution in [-0.2, 0) is 16.1 Å². The van der Waals surface area contributed by atoms with Crippen molar-refractivity contribution in [1.82, 2.24) is 14.5 Å². The molecule has 0 aromatic carbocycles. The van der Waals surface area contributed by atoms with Crippen molar-refractivity contribution in [3.8, 4) is 0 Å². The molecule has 21 heavy (non-hydrogen) atoms. The Morgan fingerprint density at radius 3 is 2.81 bits per heavy atom. The molecule has 1 atom stereocenters. The van der Waals surface area contributed by atoms with Gasteiger partial charge in [0.2, 0.25) is 11.7 Å². The third kappa shape index (κ3) is 3.18. The van der Waals surface area contributed by atoms with Gasteiger partial charge in [-0.25, -0.2) is 4.79 Å². The number of imidazole rings is 1. The molecule has 1 unspecified atom stereocenters. The number of aromatic nitrogens is 2. The highest BCUT2D eigenvalue weighted by Gasteiger charge is 2.32. The van der Waals surface area contributed by atoms with Crippen LogP contribution in [-0.4, -0.2) is 48.9 Å². The van der Waals surface area contributed by atoms with E-state index in [0.717, 1.165) is 12.8 Å². The predicted octanol–water partition coefficient (Wildman–Crippen LogP) is 0.565. The molecule has 0 aliphatic carbocycles. The van der Waals surface area contributed by atoms with E-state index < -0.39 is 16.9 Å². The summed E-state index contributed by atoms with van der Waals surface area (Å²) >= 11 is 0. The average molecular weight is 296 g/mol. The highest BCUT2D eigenvalue weighted by molar-refractivity contribution is 5.83. The molecule has 0 saturated carbocycles. The van der Waals surface area contributed by atoms with E-state index in [2.05, 4.69) is 4.98 Å². The SMILES string of the molecule is Cc1nc([N+](=O)[O-])cn1CC(=O)N1CCCCC1C(=O)O. The van der Waals surface area contributed by atoms with Crippen molar-refractivity contribution in [2.75, 3.05) is 6.54 Å². The smallest absolute Gasteiger partial charge is 0.381 e. The minimum atomic E-state index is -1.02. The van der Waals surface area contributed by atoms with E-state index in [1.165, 1.54) is 15.7 Å². The van der Waals surface area contributed by atoms with Crippen LogP contribution in [0.1, 0.15) is 25.1 Å². The van der Waals surface area contributed by atoms with Crippen molar-refractivity contribution < 1.29 is 19.6 Å². The molecule has 9 heteroatoms. The van der Waals surface area contributed by atoms with E-state index in [9.17, 15) is 19.7 Å². The molecule has 1 aliphatic rings. The van der Waals surface area contributed by atoms with E-state index in [1.54, 1.807) is 6.92 Å². The van der Waals surface area contributed by atoms with Gasteiger partial charge in [-0.2, -0.15) is 0 Å². The molecule has 0 radical (unpaired) electrons. The summed E-state index contributed by atoms with van der Waals surface area (Å²) in [7, 11) is 0. The Morgan fingerprint density at radius 1 is 1.52 bits per heavy atom. The normalized spacial score (nSPS) is 18.5. The number of carboxylic acids is 1. The number of piperidine rings is 1. The van der Waals surface area contributed by atoms with Gasteiger partial charge in [0.05, 0.1) is 0 Å². The van der Waals surface area contributed by atoms with Gasteiger partial charge in [-0.3, -0.25) is 9.36 Å². The number of rotatable bonds is 4. The molecule has 1 aromatic heterocycles. The topological polar surface area (TPSA) is 119 Å². The summed E-state index contributed by atoms with van der Waals surface area (Å²) < 4.78 is 1.37. The van der Waals surface area contributed by atoms with Gasteiger partial charge in [-0.15, -0.1) is 0 Å². The lowest BCUT2D eigenvalue weighted by molar-refractivity contribution is -0.389. The fourth-order valence-corrected chi connectivity index (χ4v) is 2.46. The molecular weight excluding hydrogens is 280 g/mol. The molecule has 1 N–H and O–H groups in total. The molecule has 114 valence electrons. The van der Waals surface area contributed by atoms with Gasteiger partial charge in [0.1, 0.15) is 18.8 Å². The Kier molecular flexibility index (Phi) is 4.20. The molecular formula is C12H16N4O5. The van der Waals surface area contributed by atoms with Crippen molar-refractivity contribution >= 4 is 17.7 Å². The quantitative estimate of drug-likeness (QED) is 0.640. The number of nitro groups is 1. The average Bonchev–Trinajstić information content (AvgIpc) is 2.80. The van der Waals surface area contributed by atoms with Crippen LogP contribution in [0, 0.1) is 17.0 Å². The fourth-order valence-electron chi connectivity index (χ4n) is 2.46. The first-order chi connectivity index (χ1) is 9.90. The van der Waals surface area contributed by atoms with Crippen molar-refractivity contribution in [2.45, 2.75) is 38.8 Å². The van der Waals surface area contributed by atoms with Gasteiger partial charge < -0.3 is 20.1 Å². The van der Waals surface area contributed by atoms with E-state index in [0.29, 0.717) is 18.8 Å². The third-order valence-corrected chi connectivity index (χ3v) is 3.56. The summed E-state index contributed by atoms with van der Waals surface area (Å²) in [5.74, 6) is -1.36. The van der Waals surface area contributed by atoms with Crippen LogP contribution < -0.4 is 0 Å². The molecule has 1 aromatic rings. The lowest BCUT2D eigenvalue weighted by Crippen LogP contribution is -2.49. The van der Waals surface area contributed by atoms with E-state index in [1.807, 2.05) is 0 Å². The van der Waals surface area contributed by atoms with Crippen molar-refractivity contribution in [2.24, 2.45) is 0 Å². The Morgan fingerprint density at radius 2 is 2.24 bits per heavy atom. The van der Waals surface area contributed by atoms with Crippen LogP contribution in [0.2, 0.25) is 0 Å². The first-order valence-corrected chi connectivity index (χ1v) is 6.60. The molecule has 0 bridgehead atoms. The number of aliphatic carboxylic acids is 1. The first kappa shape index (κ1) is 14.9. The molecule has 1 fully saturated rings. The Bertz CT molecular complexity index is 582. The van der Waals surface area contributed by atoms with Crippen molar-refractivity contribution in [3.63, 3.8) is 0 Å². The zero-order valence-corrected chi connectivity index (χ0v) is 11.6. The third-order valence-electron chi connectivity index (χ3n) is 3.56. The Labute approximate surface area is 120 Å². The maximum Gasteiger partial charge on any atom is 0.381 e. The van der Waals surface area contributed by atoms with Crippen LogP contribution in [0.5, 0.6) is 0 Å². The summed E-state index contributed by atoms with van der Waals surface area (Å²) in [6, 6.07) is -0.815. The number of hydrogen-bond acceptors (Lipinski definition) is 5. The number of carbonyl (C=O) groups excluding carboxylic acids is 1. The van der Waals surface area contributed by atoms with E-state index in [-0.39, 0.29) is 18.3 Å². The second kappa shape index (κ2) is 5.90. The molecule has 1 amide bonds. The van der Waals surface area contributed by atoms with Gasteiger partial charge in [0.25, 0.3) is 0 Å². The maximum absolute atomic E-state index is 12.3. The monoisotopic (exact) mass is 296 g/mol. The summed E-state index contributed by atoms with van der Waals surface area (Å²) in [4.78, 5) is 38.5. The van der Waals surface area contributed by atoms with Gasteiger partial charge in [-0.1, -0.05) is 0 Å². The maximum atomic E-state index is 12.3. The zero-order valence-electron chi connectivity index (χ0n) is 11.6. The lowest BCUT2D eigenvalue weighted by atomic mass is 10.0. The highest BCUT2D eigenvalue weighted by Crippen LogP contribution is 2.18. The number of carbonyl (C=O) groups is 2.